The summed E-state index contributed by atoms with van der Waals surface area (Å²) in [5.41, 5.74) is 0. The molecule has 3 nitrogen and oxygen atoms in total. The van der Waals surface area contributed by atoms with Crippen molar-refractivity contribution in [2.24, 2.45) is 5.92 Å². The smallest absolute Gasteiger partial charge is 0.219 e. The van der Waals surface area contributed by atoms with Gasteiger partial charge >= 0.3 is 0 Å². The van der Waals surface area contributed by atoms with Gasteiger partial charge in [0.1, 0.15) is 0 Å². The van der Waals surface area contributed by atoms with Crippen molar-refractivity contribution in [2.45, 2.75) is 6.92 Å². The van der Waals surface area contributed by atoms with Crippen LogP contribution in [0.2, 0.25) is 0 Å². The van der Waals surface area contributed by atoms with Gasteiger partial charge in [-0.05, 0) is 19.0 Å². The van der Waals surface area contributed by atoms with Crippen LogP contribution in [0, 0.1) is 13.0 Å². The average molecular weight is 155 g/mol. The van der Waals surface area contributed by atoms with Crippen LogP contribution in [0.15, 0.2) is 0 Å². The number of rotatable bonds is 2. The van der Waals surface area contributed by atoms with E-state index >= 15 is 0 Å². The molecule has 1 heterocycles. The third kappa shape index (κ3) is 2.19. The number of likely N-dealkylation sites (tertiary alicyclic amines) is 1. The van der Waals surface area contributed by atoms with E-state index in [1.165, 1.54) is 0 Å². The summed E-state index contributed by atoms with van der Waals surface area (Å²) in [6, 6.07) is 0. The monoisotopic (exact) mass is 155 g/mol. The highest BCUT2D eigenvalue weighted by atomic mass is 16.2. The molecule has 1 amide bonds. The number of carbonyl (C=O) groups excluding carboxylic acids is 1. The van der Waals surface area contributed by atoms with E-state index in [4.69, 9.17) is 0 Å². The lowest BCUT2D eigenvalue weighted by Gasteiger charge is -2.44. The van der Waals surface area contributed by atoms with Gasteiger partial charge in [-0.15, -0.1) is 0 Å². The summed E-state index contributed by atoms with van der Waals surface area (Å²) < 4.78 is 0. The van der Waals surface area contributed by atoms with Gasteiger partial charge < -0.3 is 9.80 Å². The summed E-state index contributed by atoms with van der Waals surface area (Å²) >= 11 is 0. The summed E-state index contributed by atoms with van der Waals surface area (Å²) in [4.78, 5) is 14.6. The maximum atomic E-state index is 10.8. The van der Waals surface area contributed by atoms with Crippen LogP contribution >= 0.6 is 0 Å². The standard InChI is InChI=1S/C8H15N2O/c1-7(11)10(3)6-8-4-9(2)5-8/h8H,2,4-6H2,1,3H3/q-1. The quantitative estimate of drug-likeness (QED) is 0.531. The van der Waals surface area contributed by atoms with E-state index in [0.29, 0.717) is 5.92 Å². The molecular formula is C8H15N2O-. The summed E-state index contributed by atoms with van der Waals surface area (Å²) in [5, 5.41) is 0. The van der Waals surface area contributed by atoms with Gasteiger partial charge in [-0.3, -0.25) is 11.8 Å². The van der Waals surface area contributed by atoms with Crippen LogP contribution < -0.4 is 0 Å². The average Bonchev–Trinajstić information content (AvgIpc) is 1.84. The lowest BCUT2D eigenvalue weighted by Crippen LogP contribution is -2.48. The highest BCUT2D eigenvalue weighted by molar-refractivity contribution is 5.72. The van der Waals surface area contributed by atoms with E-state index < -0.39 is 0 Å². The second-order valence-electron chi connectivity index (χ2n) is 3.30. The number of carbonyl (C=O) groups is 1. The molecule has 0 atom stereocenters. The molecule has 0 N–H and O–H groups in total. The summed E-state index contributed by atoms with van der Waals surface area (Å²) in [5.74, 6) is 0.786. The van der Waals surface area contributed by atoms with E-state index in [0.717, 1.165) is 19.6 Å². The third-order valence-electron chi connectivity index (χ3n) is 2.10. The van der Waals surface area contributed by atoms with Crippen molar-refractivity contribution < 1.29 is 4.79 Å². The molecule has 0 aromatic carbocycles. The van der Waals surface area contributed by atoms with E-state index in [1.54, 1.807) is 11.8 Å². The van der Waals surface area contributed by atoms with Crippen LogP contribution in [0.5, 0.6) is 0 Å². The Bertz CT molecular complexity index is 152. The Hall–Kier alpha value is -0.570. The predicted molar refractivity (Wildman–Crippen MR) is 43.7 cm³/mol. The van der Waals surface area contributed by atoms with Crippen molar-refractivity contribution in [3.63, 3.8) is 0 Å². The molecule has 64 valence electrons. The largest absolute Gasteiger partial charge is 0.459 e. The third-order valence-corrected chi connectivity index (χ3v) is 2.10. The summed E-state index contributed by atoms with van der Waals surface area (Å²) in [6.07, 6.45) is 0. The number of hydrogen-bond acceptors (Lipinski definition) is 2. The van der Waals surface area contributed by atoms with Crippen LogP contribution in [0.3, 0.4) is 0 Å². The van der Waals surface area contributed by atoms with Gasteiger partial charge in [-0.25, -0.2) is 0 Å². The van der Waals surface area contributed by atoms with Gasteiger partial charge in [0.15, 0.2) is 0 Å². The maximum Gasteiger partial charge on any atom is 0.219 e. The molecule has 1 aliphatic rings. The van der Waals surface area contributed by atoms with Crippen molar-refractivity contribution in [3.8, 4) is 0 Å². The normalized spacial score (nSPS) is 19.5. The van der Waals surface area contributed by atoms with Crippen molar-refractivity contribution >= 4 is 5.91 Å². The first kappa shape index (κ1) is 8.53. The Balaban J connectivity index is 2.16. The fourth-order valence-electron chi connectivity index (χ4n) is 1.31. The topological polar surface area (TPSA) is 23.6 Å². The van der Waals surface area contributed by atoms with E-state index in [2.05, 4.69) is 7.05 Å². The molecule has 3 heteroatoms. The molecule has 1 saturated heterocycles. The molecule has 1 aliphatic heterocycles. The lowest BCUT2D eigenvalue weighted by atomic mass is 10.0. The first-order valence-corrected chi connectivity index (χ1v) is 3.86. The Morgan fingerprint density at radius 2 is 2.27 bits per heavy atom. The van der Waals surface area contributed by atoms with E-state index in [9.17, 15) is 4.79 Å². The molecule has 11 heavy (non-hydrogen) atoms. The lowest BCUT2D eigenvalue weighted by molar-refractivity contribution is -0.128. The predicted octanol–water partition coefficient (Wildman–Crippen LogP) is 0.188. The zero-order valence-corrected chi connectivity index (χ0v) is 7.21. The molecule has 0 aliphatic carbocycles. The zero-order chi connectivity index (χ0) is 8.43. The van der Waals surface area contributed by atoms with Gasteiger partial charge in [-0.1, -0.05) is 0 Å². The van der Waals surface area contributed by atoms with Crippen LogP contribution in [0.4, 0.5) is 0 Å². The van der Waals surface area contributed by atoms with E-state index in [-0.39, 0.29) is 5.91 Å². The first-order valence-electron chi connectivity index (χ1n) is 3.86. The zero-order valence-electron chi connectivity index (χ0n) is 7.21. The van der Waals surface area contributed by atoms with Gasteiger partial charge in [0.25, 0.3) is 0 Å². The Kier molecular flexibility index (Phi) is 2.49. The second-order valence-corrected chi connectivity index (χ2v) is 3.30. The molecule has 1 rings (SSSR count). The van der Waals surface area contributed by atoms with Crippen molar-refractivity contribution in [3.05, 3.63) is 7.05 Å². The maximum absolute atomic E-state index is 10.8. The minimum Gasteiger partial charge on any atom is -0.459 e. The fraction of sp³-hybridized carbons (Fsp3) is 0.750. The highest BCUT2D eigenvalue weighted by Gasteiger charge is 2.20. The molecule has 0 aromatic rings. The molecule has 0 spiro atoms. The molecule has 0 bridgehead atoms. The van der Waals surface area contributed by atoms with Crippen LogP contribution in [-0.4, -0.2) is 42.4 Å². The molecule has 1 fully saturated rings. The SMILES string of the molecule is [CH2-]N1CC(CN(C)C(C)=O)C1. The molecule has 0 radical (unpaired) electrons. The van der Waals surface area contributed by atoms with Gasteiger partial charge in [0.2, 0.25) is 5.91 Å². The molecule has 0 saturated carbocycles. The molecular weight excluding hydrogens is 140 g/mol. The highest BCUT2D eigenvalue weighted by Crippen LogP contribution is 2.14. The Labute approximate surface area is 68.0 Å². The summed E-state index contributed by atoms with van der Waals surface area (Å²) in [7, 11) is 5.62. The minimum absolute atomic E-state index is 0.146. The number of amides is 1. The van der Waals surface area contributed by atoms with Crippen molar-refractivity contribution in [1.82, 2.24) is 9.80 Å². The number of hydrogen-bond donors (Lipinski definition) is 0. The van der Waals surface area contributed by atoms with E-state index in [1.807, 2.05) is 11.9 Å². The first-order chi connectivity index (χ1) is 5.09. The van der Waals surface area contributed by atoms with Gasteiger partial charge in [0, 0.05) is 20.5 Å². The molecule has 0 aromatic heterocycles. The Morgan fingerprint density at radius 1 is 1.73 bits per heavy atom. The van der Waals surface area contributed by atoms with Crippen molar-refractivity contribution in [2.75, 3.05) is 26.7 Å². The van der Waals surface area contributed by atoms with Gasteiger partial charge in [0.05, 0.1) is 0 Å². The summed E-state index contributed by atoms with van der Waals surface area (Å²) in [6.45, 7) is 4.53. The fourth-order valence-corrected chi connectivity index (χ4v) is 1.31. The minimum atomic E-state index is 0.146. The van der Waals surface area contributed by atoms with Crippen LogP contribution in [0.25, 0.3) is 0 Å². The molecule has 0 unspecified atom stereocenters. The van der Waals surface area contributed by atoms with Gasteiger partial charge in [-0.2, -0.15) is 0 Å². The number of nitrogens with zero attached hydrogens (tertiary/aromatic N) is 2. The Morgan fingerprint density at radius 3 is 2.64 bits per heavy atom. The van der Waals surface area contributed by atoms with Crippen molar-refractivity contribution in [1.29, 1.82) is 0 Å². The van der Waals surface area contributed by atoms with Crippen LogP contribution in [0.1, 0.15) is 6.92 Å². The second kappa shape index (κ2) is 3.22. The van der Waals surface area contributed by atoms with Crippen LogP contribution in [-0.2, 0) is 4.79 Å².